The van der Waals surface area contributed by atoms with E-state index in [2.05, 4.69) is 6.92 Å². The maximum Gasteiger partial charge on any atom is 0.188 e. The van der Waals surface area contributed by atoms with E-state index in [1.807, 2.05) is 0 Å². The van der Waals surface area contributed by atoms with Crippen LogP contribution in [0.1, 0.15) is 59.3 Å². The topological polar surface area (TPSA) is 44.9 Å². The summed E-state index contributed by atoms with van der Waals surface area (Å²) in [6, 6.07) is 0. The molecule has 2 unspecified atom stereocenters. The third kappa shape index (κ3) is 9.58. The van der Waals surface area contributed by atoms with E-state index >= 15 is 0 Å². The lowest BCUT2D eigenvalue weighted by molar-refractivity contribution is -0.986. The predicted octanol–water partition coefficient (Wildman–Crippen LogP) is -2.09. The van der Waals surface area contributed by atoms with E-state index in [1.165, 1.54) is 32.1 Å². The van der Waals surface area contributed by atoms with Gasteiger partial charge < -0.3 is 27.2 Å². The van der Waals surface area contributed by atoms with Gasteiger partial charge in [0.1, 0.15) is 0 Å². The highest BCUT2D eigenvalue weighted by atomic mass is 79.9. The number of hydrogen-bond acceptors (Lipinski definition) is 2. The standard InChI is InChI=1S/C12H27NO2.BrH/c1-4-5-6-7-8-9-10-13(11(2)14)12(3)15;/h11-12,14-15H,4-10H2,1-3H3;1H. The van der Waals surface area contributed by atoms with Crippen LogP contribution in [0.5, 0.6) is 0 Å². The van der Waals surface area contributed by atoms with Gasteiger partial charge in [0.05, 0.1) is 6.54 Å². The summed E-state index contributed by atoms with van der Waals surface area (Å²) < 4.78 is 0. The van der Waals surface area contributed by atoms with Gasteiger partial charge in [0, 0.05) is 13.8 Å². The molecule has 3 nitrogen and oxygen atoms in total. The number of halogens is 1. The molecule has 0 spiro atoms. The predicted molar refractivity (Wildman–Crippen MR) is 62.6 cm³/mol. The molecule has 0 aliphatic carbocycles. The highest BCUT2D eigenvalue weighted by Crippen LogP contribution is 2.03. The molecule has 4 heteroatoms. The molecular formula is C12H28BrNO2. The highest BCUT2D eigenvalue weighted by Gasteiger charge is 2.18. The molecule has 0 heterocycles. The molecular weight excluding hydrogens is 270 g/mol. The van der Waals surface area contributed by atoms with Gasteiger partial charge in [-0.05, 0) is 12.8 Å². The Kier molecular flexibility index (Phi) is 13.8. The summed E-state index contributed by atoms with van der Waals surface area (Å²) in [5.74, 6) is 0. The quantitative estimate of drug-likeness (QED) is 0.338. The fraction of sp³-hybridized carbons (Fsp3) is 1.00. The Morgan fingerprint density at radius 2 is 1.31 bits per heavy atom. The van der Waals surface area contributed by atoms with Crippen LogP contribution in [0.15, 0.2) is 0 Å². The lowest BCUT2D eigenvalue weighted by atomic mass is 10.1. The minimum atomic E-state index is -0.472. The minimum Gasteiger partial charge on any atom is -1.00 e. The van der Waals surface area contributed by atoms with E-state index < -0.39 is 12.5 Å². The number of aliphatic hydroxyl groups is 2. The lowest BCUT2D eigenvalue weighted by Gasteiger charge is -2.24. The van der Waals surface area contributed by atoms with Crippen molar-refractivity contribution >= 4 is 0 Å². The van der Waals surface area contributed by atoms with Crippen molar-refractivity contribution in [3.8, 4) is 0 Å². The van der Waals surface area contributed by atoms with Gasteiger partial charge in [0.2, 0.25) is 0 Å². The number of nitrogens with one attached hydrogen (secondary N) is 1. The van der Waals surface area contributed by atoms with Crippen LogP contribution in [0.2, 0.25) is 0 Å². The molecule has 0 radical (unpaired) electrons. The molecule has 3 N–H and O–H groups in total. The summed E-state index contributed by atoms with van der Waals surface area (Å²) in [6.07, 6.45) is 6.55. The molecule has 16 heavy (non-hydrogen) atoms. The van der Waals surface area contributed by atoms with Gasteiger partial charge in [-0.15, -0.1) is 0 Å². The molecule has 0 saturated heterocycles. The van der Waals surface area contributed by atoms with Crippen molar-refractivity contribution in [3.05, 3.63) is 0 Å². The van der Waals surface area contributed by atoms with Crippen LogP contribution in [0, 0.1) is 0 Å². The summed E-state index contributed by atoms with van der Waals surface area (Å²) in [5.41, 5.74) is 0. The average Bonchev–Trinajstić information content (AvgIpc) is 2.15. The van der Waals surface area contributed by atoms with E-state index in [9.17, 15) is 10.2 Å². The number of quaternary nitrogens is 1. The first-order chi connectivity index (χ1) is 7.09. The molecule has 0 aromatic heterocycles. The van der Waals surface area contributed by atoms with Gasteiger partial charge in [-0.1, -0.05) is 32.6 Å². The monoisotopic (exact) mass is 297 g/mol. The van der Waals surface area contributed by atoms with Crippen LogP contribution in [-0.4, -0.2) is 29.2 Å². The summed E-state index contributed by atoms with van der Waals surface area (Å²) in [6.45, 7) is 6.55. The summed E-state index contributed by atoms with van der Waals surface area (Å²) in [4.78, 5) is 0.880. The Hall–Kier alpha value is 0.360. The average molecular weight is 298 g/mol. The summed E-state index contributed by atoms with van der Waals surface area (Å²) in [7, 11) is 0. The molecule has 0 fully saturated rings. The fourth-order valence-electron chi connectivity index (χ4n) is 1.88. The van der Waals surface area contributed by atoms with Gasteiger partial charge in [-0.3, -0.25) is 4.90 Å². The first kappa shape index (κ1) is 18.7. The number of unbranched alkanes of at least 4 members (excludes halogenated alkanes) is 5. The number of aliphatic hydroxyl groups excluding tert-OH is 2. The summed E-state index contributed by atoms with van der Waals surface area (Å²) in [5, 5.41) is 18.9. The maximum absolute atomic E-state index is 9.43. The van der Waals surface area contributed by atoms with Crippen molar-refractivity contribution in [2.75, 3.05) is 6.54 Å². The smallest absolute Gasteiger partial charge is 0.188 e. The van der Waals surface area contributed by atoms with Gasteiger partial charge >= 0.3 is 0 Å². The third-order valence-electron chi connectivity index (χ3n) is 2.89. The molecule has 0 bridgehead atoms. The molecule has 0 aromatic rings. The summed E-state index contributed by atoms with van der Waals surface area (Å²) >= 11 is 0. The van der Waals surface area contributed by atoms with Crippen LogP contribution < -0.4 is 21.9 Å². The zero-order valence-corrected chi connectivity index (χ0v) is 12.5. The van der Waals surface area contributed by atoms with Crippen LogP contribution in [0.3, 0.4) is 0 Å². The largest absolute Gasteiger partial charge is 1.00 e. The molecule has 0 rings (SSSR count). The molecule has 0 saturated carbocycles. The Morgan fingerprint density at radius 1 is 0.875 bits per heavy atom. The van der Waals surface area contributed by atoms with Gasteiger partial charge in [-0.2, -0.15) is 0 Å². The van der Waals surface area contributed by atoms with Crippen molar-refractivity contribution < 1.29 is 32.1 Å². The Bertz CT molecular complexity index is 135. The third-order valence-corrected chi connectivity index (χ3v) is 2.89. The Balaban J connectivity index is 0. The molecule has 0 aliphatic rings. The van der Waals surface area contributed by atoms with Crippen molar-refractivity contribution in [3.63, 3.8) is 0 Å². The Labute approximate surface area is 111 Å². The molecule has 100 valence electrons. The normalized spacial score (nSPS) is 16.3. The maximum atomic E-state index is 9.43. The van der Waals surface area contributed by atoms with E-state index in [1.54, 1.807) is 13.8 Å². The Morgan fingerprint density at radius 3 is 1.75 bits per heavy atom. The van der Waals surface area contributed by atoms with Gasteiger partial charge in [0.25, 0.3) is 0 Å². The van der Waals surface area contributed by atoms with Gasteiger partial charge in [0.15, 0.2) is 12.5 Å². The van der Waals surface area contributed by atoms with E-state index in [-0.39, 0.29) is 17.0 Å². The molecule has 0 aliphatic heterocycles. The zero-order chi connectivity index (χ0) is 11.7. The van der Waals surface area contributed by atoms with Crippen molar-refractivity contribution in [1.82, 2.24) is 0 Å². The van der Waals surface area contributed by atoms with Gasteiger partial charge in [-0.25, -0.2) is 0 Å². The van der Waals surface area contributed by atoms with Crippen molar-refractivity contribution in [2.24, 2.45) is 0 Å². The van der Waals surface area contributed by atoms with Crippen LogP contribution in [-0.2, 0) is 0 Å². The highest BCUT2D eigenvalue weighted by molar-refractivity contribution is 4.43. The zero-order valence-electron chi connectivity index (χ0n) is 10.9. The minimum absolute atomic E-state index is 0. The molecule has 0 amide bonds. The fourth-order valence-corrected chi connectivity index (χ4v) is 1.88. The number of rotatable bonds is 9. The second-order valence-electron chi connectivity index (χ2n) is 4.44. The van der Waals surface area contributed by atoms with E-state index in [0.29, 0.717) is 0 Å². The lowest BCUT2D eigenvalue weighted by Crippen LogP contribution is -3.18. The van der Waals surface area contributed by atoms with Crippen LogP contribution in [0.25, 0.3) is 0 Å². The van der Waals surface area contributed by atoms with Crippen molar-refractivity contribution in [2.45, 2.75) is 71.8 Å². The second-order valence-corrected chi connectivity index (χ2v) is 4.44. The molecule has 0 aromatic carbocycles. The first-order valence-electron chi connectivity index (χ1n) is 6.31. The van der Waals surface area contributed by atoms with Crippen molar-refractivity contribution in [1.29, 1.82) is 0 Å². The SMILES string of the molecule is CCCCCCCC[NH+](C(C)O)C(C)O.[Br-]. The van der Waals surface area contributed by atoms with Crippen LogP contribution >= 0.6 is 0 Å². The van der Waals surface area contributed by atoms with Crippen LogP contribution in [0.4, 0.5) is 0 Å². The second kappa shape index (κ2) is 11.8. The van der Waals surface area contributed by atoms with E-state index in [0.717, 1.165) is 17.9 Å². The number of hydrogen-bond donors (Lipinski definition) is 3. The first-order valence-corrected chi connectivity index (χ1v) is 6.31. The van der Waals surface area contributed by atoms with E-state index in [4.69, 9.17) is 0 Å². The molecule has 2 atom stereocenters.